The van der Waals surface area contributed by atoms with Crippen LogP contribution in [0.3, 0.4) is 0 Å². The minimum Gasteiger partial charge on any atom is -0.422 e. The maximum Gasteiger partial charge on any atom is 0.345 e. The summed E-state index contributed by atoms with van der Waals surface area (Å²) in [6, 6.07) is 14.6. The van der Waals surface area contributed by atoms with E-state index < -0.39 is 5.63 Å². The third-order valence-electron chi connectivity index (χ3n) is 4.68. The number of anilines is 1. The van der Waals surface area contributed by atoms with E-state index in [-0.39, 0.29) is 5.91 Å². The van der Waals surface area contributed by atoms with Crippen LogP contribution in [0, 0.1) is 0 Å². The monoisotopic (exact) mass is 455 g/mol. The number of carbonyl (C=O) groups is 1. The van der Waals surface area contributed by atoms with Crippen LogP contribution in [-0.4, -0.2) is 24.7 Å². The third kappa shape index (κ3) is 4.56. The Balaban J connectivity index is 1.88. The van der Waals surface area contributed by atoms with Gasteiger partial charge in [-0.05, 0) is 67.0 Å². The Bertz CT molecular complexity index is 1130. The average Bonchev–Trinajstić information content (AvgIpc) is 2.72. The number of nitrogens with one attached hydrogen (secondary N) is 1. The molecule has 0 aliphatic rings. The molecule has 1 heterocycles. The van der Waals surface area contributed by atoms with Crippen LogP contribution in [0.1, 0.15) is 36.7 Å². The number of amides is 1. The molecule has 1 N–H and O–H groups in total. The fourth-order valence-electron chi connectivity index (χ4n) is 3.04. The van der Waals surface area contributed by atoms with Crippen molar-refractivity contribution in [3.8, 4) is 0 Å². The topological polar surface area (TPSA) is 74.9 Å². The molecule has 0 spiro atoms. The molecular formula is C22H22BrN3O3. The highest BCUT2D eigenvalue weighted by Gasteiger charge is 2.12. The lowest BCUT2D eigenvalue weighted by molar-refractivity contribution is 0.0954. The van der Waals surface area contributed by atoms with Crippen LogP contribution in [0.5, 0.6) is 0 Å². The molecule has 7 heteroatoms. The lowest BCUT2D eigenvalue weighted by Crippen LogP contribution is -2.22. The Morgan fingerprint density at radius 1 is 1.10 bits per heavy atom. The van der Waals surface area contributed by atoms with Crippen LogP contribution in [0.4, 0.5) is 5.69 Å². The minimum atomic E-state index is -0.495. The number of fused-ring (bicyclic) bond motifs is 1. The number of hydrogen-bond acceptors (Lipinski definition) is 5. The van der Waals surface area contributed by atoms with Gasteiger partial charge in [0.05, 0.1) is 16.8 Å². The standard InChI is InChI=1S/C22H22BrN3O3/c1-4-26(5-2)16-11-10-15-12-18(22(28)29-20(15)13-16)14(3)24-25-21(27)17-8-6-7-9-19(17)23/h6-13H,4-5H2,1-3H3,(H,25,27)/b24-14+. The number of hydrogen-bond donors (Lipinski definition) is 1. The van der Waals surface area contributed by atoms with E-state index in [4.69, 9.17) is 4.42 Å². The van der Waals surface area contributed by atoms with Crippen LogP contribution >= 0.6 is 15.9 Å². The third-order valence-corrected chi connectivity index (χ3v) is 5.37. The van der Waals surface area contributed by atoms with E-state index in [1.807, 2.05) is 24.3 Å². The van der Waals surface area contributed by atoms with Gasteiger partial charge in [-0.15, -0.1) is 0 Å². The molecule has 0 bridgehead atoms. The quantitative estimate of drug-likeness (QED) is 0.335. The maximum absolute atomic E-state index is 12.5. The molecule has 0 saturated carbocycles. The zero-order valence-corrected chi connectivity index (χ0v) is 18.1. The molecule has 0 saturated heterocycles. The summed E-state index contributed by atoms with van der Waals surface area (Å²) in [6.07, 6.45) is 0. The molecule has 1 amide bonds. The van der Waals surface area contributed by atoms with E-state index >= 15 is 0 Å². The van der Waals surface area contributed by atoms with Crippen molar-refractivity contribution in [1.29, 1.82) is 0 Å². The van der Waals surface area contributed by atoms with Gasteiger partial charge < -0.3 is 9.32 Å². The van der Waals surface area contributed by atoms with Crippen LogP contribution in [0.25, 0.3) is 11.0 Å². The summed E-state index contributed by atoms with van der Waals surface area (Å²) in [5, 5.41) is 4.87. The van der Waals surface area contributed by atoms with Crippen LogP contribution < -0.4 is 16.0 Å². The van der Waals surface area contributed by atoms with Crippen molar-refractivity contribution < 1.29 is 9.21 Å². The highest BCUT2D eigenvalue weighted by Crippen LogP contribution is 2.22. The number of halogens is 1. The SMILES string of the molecule is CCN(CC)c1ccc2cc(/C(C)=N/NC(=O)c3ccccc3Br)c(=O)oc2c1. The summed E-state index contributed by atoms with van der Waals surface area (Å²) in [6.45, 7) is 7.55. The minimum absolute atomic E-state index is 0.306. The summed E-state index contributed by atoms with van der Waals surface area (Å²) >= 11 is 3.34. The van der Waals surface area contributed by atoms with E-state index in [0.29, 0.717) is 26.9 Å². The number of carbonyl (C=O) groups excluding carboxylic acids is 1. The number of nitrogens with zero attached hydrogens (tertiary/aromatic N) is 2. The molecule has 0 atom stereocenters. The second kappa shape index (κ2) is 9.05. The molecule has 150 valence electrons. The predicted molar refractivity (Wildman–Crippen MR) is 120 cm³/mol. The van der Waals surface area contributed by atoms with Gasteiger partial charge in [-0.25, -0.2) is 10.2 Å². The van der Waals surface area contributed by atoms with Gasteiger partial charge in [0, 0.05) is 34.7 Å². The second-order valence-electron chi connectivity index (χ2n) is 6.46. The highest BCUT2D eigenvalue weighted by molar-refractivity contribution is 9.10. The average molecular weight is 456 g/mol. The summed E-state index contributed by atoms with van der Waals surface area (Å²) in [7, 11) is 0. The van der Waals surface area contributed by atoms with Gasteiger partial charge in [-0.3, -0.25) is 4.79 Å². The van der Waals surface area contributed by atoms with Crippen molar-refractivity contribution >= 4 is 44.2 Å². The van der Waals surface area contributed by atoms with Gasteiger partial charge in [0.25, 0.3) is 5.91 Å². The first-order valence-corrected chi connectivity index (χ1v) is 10.2. The summed E-state index contributed by atoms with van der Waals surface area (Å²) in [5.41, 5.74) is 4.65. The lowest BCUT2D eigenvalue weighted by atomic mass is 10.1. The summed E-state index contributed by atoms with van der Waals surface area (Å²) in [4.78, 5) is 27.0. The molecule has 3 rings (SSSR count). The van der Waals surface area contributed by atoms with Crippen molar-refractivity contribution in [1.82, 2.24) is 5.43 Å². The molecule has 0 aliphatic carbocycles. The lowest BCUT2D eigenvalue weighted by Gasteiger charge is -2.21. The molecule has 29 heavy (non-hydrogen) atoms. The Labute approximate surface area is 177 Å². The molecular weight excluding hydrogens is 434 g/mol. The molecule has 0 radical (unpaired) electrons. The van der Waals surface area contributed by atoms with Crippen molar-refractivity contribution in [3.05, 3.63) is 74.6 Å². The van der Waals surface area contributed by atoms with Gasteiger partial charge in [0.15, 0.2) is 0 Å². The van der Waals surface area contributed by atoms with Crippen LogP contribution in [-0.2, 0) is 0 Å². The van der Waals surface area contributed by atoms with E-state index in [1.165, 1.54) is 0 Å². The Hall–Kier alpha value is -2.93. The summed E-state index contributed by atoms with van der Waals surface area (Å²) < 4.78 is 6.19. The van der Waals surface area contributed by atoms with Crippen molar-refractivity contribution in [2.45, 2.75) is 20.8 Å². The second-order valence-corrected chi connectivity index (χ2v) is 7.31. The Kier molecular flexibility index (Phi) is 6.49. The first-order chi connectivity index (χ1) is 13.9. The maximum atomic E-state index is 12.5. The largest absolute Gasteiger partial charge is 0.422 e. The molecule has 0 fully saturated rings. The molecule has 2 aromatic carbocycles. The van der Waals surface area contributed by atoms with Crippen molar-refractivity contribution in [2.75, 3.05) is 18.0 Å². The van der Waals surface area contributed by atoms with E-state index in [0.717, 1.165) is 24.2 Å². The van der Waals surface area contributed by atoms with Crippen LogP contribution in [0.15, 0.2) is 67.3 Å². The van der Waals surface area contributed by atoms with Gasteiger partial charge in [0.1, 0.15) is 5.58 Å². The highest BCUT2D eigenvalue weighted by atomic mass is 79.9. The van der Waals surface area contributed by atoms with E-state index in [2.05, 4.69) is 45.2 Å². The Morgan fingerprint density at radius 3 is 2.52 bits per heavy atom. The summed E-state index contributed by atoms with van der Waals surface area (Å²) in [5.74, 6) is -0.370. The molecule has 0 aliphatic heterocycles. The fourth-order valence-corrected chi connectivity index (χ4v) is 3.50. The van der Waals surface area contributed by atoms with Gasteiger partial charge in [-0.2, -0.15) is 5.10 Å². The number of benzene rings is 2. The van der Waals surface area contributed by atoms with E-state index in [9.17, 15) is 9.59 Å². The molecule has 0 unspecified atom stereocenters. The normalized spacial score (nSPS) is 11.5. The number of hydrazone groups is 1. The number of rotatable bonds is 6. The first-order valence-electron chi connectivity index (χ1n) is 9.37. The van der Waals surface area contributed by atoms with Gasteiger partial charge in [-0.1, -0.05) is 12.1 Å². The van der Waals surface area contributed by atoms with E-state index in [1.54, 1.807) is 31.2 Å². The predicted octanol–water partition coefficient (Wildman–Crippen LogP) is 4.56. The van der Waals surface area contributed by atoms with Gasteiger partial charge in [0.2, 0.25) is 0 Å². The Morgan fingerprint density at radius 2 is 1.83 bits per heavy atom. The smallest absolute Gasteiger partial charge is 0.345 e. The molecule has 1 aromatic heterocycles. The first kappa shape index (κ1) is 20.8. The fraction of sp³-hybridized carbons (Fsp3) is 0.227. The zero-order valence-electron chi connectivity index (χ0n) is 16.5. The van der Waals surface area contributed by atoms with Crippen molar-refractivity contribution in [3.63, 3.8) is 0 Å². The van der Waals surface area contributed by atoms with Crippen LogP contribution in [0.2, 0.25) is 0 Å². The zero-order chi connectivity index (χ0) is 21.0. The van der Waals surface area contributed by atoms with Gasteiger partial charge >= 0.3 is 5.63 Å². The molecule has 3 aromatic rings. The molecule has 6 nitrogen and oxygen atoms in total. The van der Waals surface area contributed by atoms with Crippen molar-refractivity contribution in [2.24, 2.45) is 5.10 Å².